The monoisotopic (exact) mass is 279 g/mol. The van der Waals surface area contributed by atoms with Gasteiger partial charge < -0.3 is 0 Å². The summed E-state index contributed by atoms with van der Waals surface area (Å²) < 4.78 is 0. The molecule has 2 rings (SSSR count). The summed E-state index contributed by atoms with van der Waals surface area (Å²) in [6.07, 6.45) is 6.75. The van der Waals surface area contributed by atoms with Crippen molar-refractivity contribution in [2.24, 2.45) is 0 Å². The molecule has 104 valence electrons. The highest BCUT2D eigenvalue weighted by Gasteiger charge is 2.06. The first-order chi connectivity index (χ1) is 10.2. The van der Waals surface area contributed by atoms with Gasteiger partial charge >= 0.3 is 0 Å². The lowest BCUT2D eigenvalue weighted by atomic mass is 10.1. The fraction of sp³-hybridized carbons (Fsp3) is 0. The summed E-state index contributed by atoms with van der Waals surface area (Å²) in [6.45, 7) is 0. The van der Waals surface area contributed by atoms with Crippen LogP contribution in [-0.2, 0) is 0 Å². The van der Waals surface area contributed by atoms with Crippen LogP contribution < -0.4 is 0 Å². The maximum Gasteiger partial charge on any atom is 0.269 e. The number of rotatable bonds is 5. The first kappa shape index (κ1) is 14.4. The fourth-order valence-corrected chi connectivity index (χ4v) is 1.72. The van der Waals surface area contributed by atoms with E-state index in [1.54, 1.807) is 12.2 Å². The van der Waals surface area contributed by atoms with Crippen LogP contribution in [0.3, 0.4) is 0 Å². The minimum atomic E-state index is -0.493. The molecule has 0 atom stereocenters. The number of non-ortho nitro benzene ring substituents is 1. The highest BCUT2D eigenvalue weighted by Crippen LogP contribution is 2.12. The number of benzene rings is 2. The van der Waals surface area contributed by atoms with Gasteiger partial charge in [0.25, 0.3) is 5.69 Å². The Balaban J connectivity index is 1.99. The van der Waals surface area contributed by atoms with Crippen LogP contribution in [0.1, 0.15) is 15.9 Å². The number of carbonyl (C=O) groups is 1. The highest BCUT2D eigenvalue weighted by atomic mass is 16.6. The quantitative estimate of drug-likeness (QED) is 0.273. The Labute approximate surface area is 122 Å². The number of nitrogens with zero attached hydrogens (tertiary/aromatic N) is 1. The van der Waals surface area contributed by atoms with E-state index in [0.717, 1.165) is 5.56 Å². The van der Waals surface area contributed by atoms with Gasteiger partial charge in [-0.2, -0.15) is 0 Å². The number of carbonyl (C=O) groups excluding carboxylic acids is 1. The molecule has 0 fully saturated rings. The topological polar surface area (TPSA) is 60.2 Å². The Morgan fingerprint density at radius 3 is 2.24 bits per heavy atom. The Morgan fingerprint density at radius 2 is 1.62 bits per heavy atom. The molecule has 0 heterocycles. The second-order valence-corrected chi connectivity index (χ2v) is 4.30. The van der Waals surface area contributed by atoms with Gasteiger partial charge in [-0.15, -0.1) is 0 Å². The molecule has 0 unspecified atom stereocenters. The molecular weight excluding hydrogens is 266 g/mol. The van der Waals surface area contributed by atoms with Crippen molar-refractivity contribution in [3.8, 4) is 0 Å². The molecule has 0 amide bonds. The molecule has 2 aromatic rings. The predicted octanol–water partition coefficient (Wildman–Crippen LogP) is 4.05. The van der Waals surface area contributed by atoms with Gasteiger partial charge in [-0.25, -0.2) is 0 Å². The largest absolute Gasteiger partial charge is 0.289 e. The van der Waals surface area contributed by atoms with Crippen LogP contribution in [0.4, 0.5) is 5.69 Å². The third kappa shape index (κ3) is 4.24. The van der Waals surface area contributed by atoms with E-state index in [1.165, 1.54) is 30.3 Å². The summed E-state index contributed by atoms with van der Waals surface area (Å²) in [5, 5.41) is 10.5. The summed E-state index contributed by atoms with van der Waals surface area (Å²) in [7, 11) is 0. The number of ketones is 1. The van der Waals surface area contributed by atoms with Crippen LogP contribution in [0.25, 0.3) is 6.08 Å². The minimum absolute atomic E-state index is 0.0282. The van der Waals surface area contributed by atoms with Crippen LogP contribution in [-0.4, -0.2) is 10.7 Å². The van der Waals surface area contributed by atoms with E-state index in [4.69, 9.17) is 0 Å². The van der Waals surface area contributed by atoms with E-state index < -0.39 is 4.92 Å². The summed E-state index contributed by atoms with van der Waals surface area (Å²) in [5.41, 5.74) is 1.44. The zero-order valence-corrected chi connectivity index (χ0v) is 11.2. The summed E-state index contributed by atoms with van der Waals surface area (Å²) in [6, 6.07) is 15.3. The third-order valence-electron chi connectivity index (χ3n) is 2.81. The molecule has 0 saturated carbocycles. The van der Waals surface area contributed by atoms with Gasteiger partial charge in [-0.05, 0) is 23.8 Å². The minimum Gasteiger partial charge on any atom is -0.289 e. The Hall–Kier alpha value is -3.01. The average Bonchev–Trinajstić information content (AvgIpc) is 2.52. The van der Waals surface area contributed by atoms with E-state index in [1.807, 2.05) is 36.4 Å². The molecule has 21 heavy (non-hydrogen) atoms. The predicted molar refractivity (Wildman–Crippen MR) is 82.0 cm³/mol. The van der Waals surface area contributed by atoms with Crippen molar-refractivity contribution in [3.05, 3.63) is 94.1 Å². The van der Waals surface area contributed by atoms with E-state index in [0.29, 0.717) is 5.56 Å². The Morgan fingerprint density at radius 1 is 0.952 bits per heavy atom. The lowest BCUT2D eigenvalue weighted by molar-refractivity contribution is -0.384. The third-order valence-corrected chi connectivity index (χ3v) is 2.81. The first-order valence-corrected chi connectivity index (χ1v) is 6.35. The zero-order chi connectivity index (χ0) is 15.1. The summed E-state index contributed by atoms with van der Waals surface area (Å²) in [4.78, 5) is 21.9. The van der Waals surface area contributed by atoms with Crippen LogP contribution >= 0.6 is 0 Å². The number of hydrogen-bond acceptors (Lipinski definition) is 3. The molecular formula is C17H13NO3. The Bertz CT molecular complexity index is 686. The van der Waals surface area contributed by atoms with E-state index in [-0.39, 0.29) is 11.5 Å². The molecule has 4 heteroatoms. The second kappa shape index (κ2) is 6.96. The van der Waals surface area contributed by atoms with Gasteiger partial charge in [0.15, 0.2) is 5.78 Å². The van der Waals surface area contributed by atoms with Crippen molar-refractivity contribution in [2.45, 2.75) is 0 Å². The average molecular weight is 279 g/mol. The number of nitro groups is 1. The van der Waals surface area contributed by atoms with Crippen molar-refractivity contribution in [1.82, 2.24) is 0 Å². The molecule has 4 nitrogen and oxygen atoms in total. The molecule has 0 aliphatic rings. The molecule has 0 aromatic heterocycles. The second-order valence-electron chi connectivity index (χ2n) is 4.30. The molecule has 0 saturated heterocycles. The van der Waals surface area contributed by atoms with Gasteiger partial charge in [0, 0.05) is 17.7 Å². The molecule has 2 aromatic carbocycles. The standard InChI is InChI=1S/C17H13NO3/c19-17(15-10-12-16(13-11-15)18(20)21)9-5-4-8-14-6-2-1-3-7-14/h1-13H/b8-4-,9-5-. The van der Waals surface area contributed by atoms with Crippen LogP contribution in [0.2, 0.25) is 0 Å². The summed E-state index contributed by atoms with van der Waals surface area (Å²) >= 11 is 0. The smallest absolute Gasteiger partial charge is 0.269 e. The van der Waals surface area contributed by atoms with Gasteiger partial charge in [0.05, 0.1) is 4.92 Å². The summed E-state index contributed by atoms with van der Waals surface area (Å²) in [5.74, 6) is -0.192. The first-order valence-electron chi connectivity index (χ1n) is 6.35. The van der Waals surface area contributed by atoms with E-state index >= 15 is 0 Å². The fourth-order valence-electron chi connectivity index (χ4n) is 1.72. The van der Waals surface area contributed by atoms with Crippen LogP contribution in [0.5, 0.6) is 0 Å². The van der Waals surface area contributed by atoms with Crippen molar-refractivity contribution in [1.29, 1.82) is 0 Å². The normalized spacial score (nSPS) is 11.0. The molecule has 0 spiro atoms. The Kier molecular flexibility index (Phi) is 4.77. The van der Waals surface area contributed by atoms with Gasteiger partial charge in [-0.3, -0.25) is 14.9 Å². The molecule has 0 radical (unpaired) electrons. The van der Waals surface area contributed by atoms with Gasteiger partial charge in [0.1, 0.15) is 0 Å². The van der Waals surface area contributed by atoms with E-state index in [2.05, 4.69) is 0 Å². The maximum atomic E-state index is 11.8. The van der Waals surface area contributed by atoms with E-state index in [9.17, 15) is 14.9 Å². The maximum absolute atomic E-state index is 11.8. The van der Waals surface area contributed by atoms with Crippen LogP contribution in [0.15, 0.2) is 72.8 Å². The van der Waals surface area contributed by atoms with Crippen molar-refractivity contribution >= 4 is 17.5 Å². The van der Waals surface area contributed by atoms with Gasteiger partial charge in [-0.1, -0.05) is 48.6 Å². The molecule has 0 aliphatic carbocycles. The zero-order valence-electron chi connectivity index (χ0n) is 11.2. The molecule has 0 aliphatic heterocycles. The van der Waals surface area contributed by atoms with Gasteiger partial charge in [0.2, 0.25) is 0 Å². The highest BCUT2D eigenvalue weighted by molar-refractivity contribution is 6.04. The van der Waals surface area contributed by atoms with Crippen molar-refractivity contribution in [2.75, 3.05) is 0 Å². The number of nitro benzene ring substituents is 1. The SMILES string of the molecule is O=C(/C=C\C=C/c1ccccc1)c1ccc([N+](=O)[O-])cc1. The lowest BCUT2D eigenvalue weighted by Gasteiger charge is -1.95. The van der Waals surface area contributed by atoms with Crippen LogP contribution in [0, 0.1) is 10.1 Å². The van der Waals surface area contributed by atoms with Crippen molar-refractivity contribution in [3.63, 3.8) is 0 Å². The van der Waals surface area contributed by atoms with Crippen molar-refractivity contribution < 1.29 is 9.72 Å². The number of allylic oxidation sites excluding steroid dienone is 3. The number of hydrogen-bond donors (Lipinski definition) is 0. The molecule has 0 bridgehead atoms. The lowest BCUT2D eigenvalue weighted by Crippen LogP contribution is -1.94. The molecule has 0 N–H and O–H groups in total.